The molecule has 26 heavy (non-hydrogen) atoms. The van der Waals surface area contributed by atoms with Crippen LogP contribution in [0.3, 0.4) is 0 Å². The second-order valence-electron chi connectivity index (χ2n) is 6.29. The number of rotatable bonds is 4. The first-order valence-electron chi connectivity index (χ1n) is 7.83. The SMILES string of the molecule is CC(=O)NC[C@H]1CNc2cc(NC(=O)OC(C)(C)C(F)(F)F)ccc2O1. The quantitative estimate of drug-likeness (QED) is 0.753. The molecule has 144 valence electrons. The standard InChI is InChI=1S/C16H20F3N3O4/c1-9(23)20-7-11-8-21-12-6-10(4-5-13(12)25-11)22-14(24)26-15(2,3)16(17,18)19/h4-6,11,21H,7-8H2,1-3H3,(H,20,23)(H,22,24)/t11-/m0/s1. The number of fused-ring (bicyclic) bond motifs is 1. The summed E-state index contributed by atoms with van der Waals surface area (Å²) in [5, 5.41) is 7.98. The van der Waals surface area contributed by atoms with E-state index in [1.807, 2.05) is 0 Å². The summed E-state index contributed by atoms with van der Waals surface area (Å²) in [6.45, 7) is 3.69. The molecule has 1 aromatic carbocycles. The molecule has 7 nitrogen and oxygen atoms in total. The molecule has 10 heteroatoms. The number of anilines is 2. The van der Waals surface area contributed by atoms with E-state index < -0.39 is 17.9 Å². The lowest BCUT2D eigenvalue weighted by Crippen LogP contribution is -2.44. The molecule has 0 fully saturated rings. The van der Waals surface area contributed by atoms with Crippen LogP contribution in [0, 0.1) is 0 Å². The number of benzene rings is 1. The van der Waals surface area contributed by atoms with Crippen LogP contribution in [0.1, 0.15) is 20.8 Å². The first-order valence-corrected chi connectivity index (χ1v) is 7.83. The number of carbonyl (C=O) groups is 2. The molecule has 1 aromatic rings. The molecule has 3 N–H and O–H groups in total. The third-order valence-corrected chi connectivity index (χ3v) is 3.65. The topological polar surface area (TPSA) is 88.7 Å². The Hall–Kier alpha value is -2.65. The van der Waals surface area contributed by atoms with Crippen LogP contribution in [0.4, 0.5) is 29.3 Å². The number of hydrogen-bond acceptors (Lipinski definition) is 5. The highest BCUT2D eigenvalue weighted by Gasteiger charge is 2.50. The summed E-state index contributed by atoms with van der Waals surface area (Å²) in [7, 11) is 0. The van der Waals surface area contributed by atoms with Crippen molar-refractivity contribution in [3.8, 4) is 5.75 Å². The highest BCUT2D eigenvalue weighted by Crippen LogP contribution is 2.34. The molecule has 0 aromatic heterocycles. The number of halogens is 3. The zero-order chi connectivity index (χ0) is 19.5. The van der Waals surface area contributed by atoms with Gasteiger partial charge in [0.25, 0.3) is 0 Å². The third kappa shape index (κ3) is 4.93. The minimum atomic E-state index is -4.68. The smallest absolute Gasteiger partial charge is 0.427 e. The van der Waals surface area contributed by atoms with Gasteiger partial charge in [0.1, 0.15) is 11.9 Å². The zero-order valence-corrected chi connectivity index (χ0v) is 14.5. The van der Waals surface area contributed by atoms with Crippen molar-refractivity contribution < 1.29 is 32.2 Å². The van der Waals surface area contributed by atoms with E-state index in [1.165, 1.54) is 19.1 Å². The second-order valence-corrected chi connectivity index (χ2v) is 6.29. The monoisotopic (exact) mass is 375 g/mol. The summed E-state index contributed by atoms with van der Waals surface area (Å²) in [5.41, 5.74) is -1.79. The molecule has 2 rings (SSSR count). The van der Waals surface area contributed by atoms with Gasteiger partial charge in [-0.15, -0.1) is 0 Å². The van der Waals surface area contributed by atoms with Gasteiger partial charge >= 0.3 is 12.3 Å². The Balaban J connectivity index is 1.97. The summed E-state index contributed by atoms with van der Waals surface area (Å²) in [5.74, 6) is 0.334. The molecule has 0 bridgehead atoms. The van der Waals surface area contributed by atoms with Gasteiger partial charge in [-0.3, -0.25) is 10.1 Å². The highest BCUT2D eigenvalue weighted by molar-refractivity contribution is 5.86. The van der Waals surface area contributed by atoms with E-state index in [2.05, 4.69) is 20.7 Å². The normalized spacial score (nSPS) is 16.6. The molecular weight excluding hydrogens is 355 g/mol. The number of alkyl halides is 3. The average Bonchev–Trinajstić information content (AvgIpc) is 2.51. The molecule has 0 spiro atoms. The van der Waals surface area contributed by atoms with Crippen molar-refractivity contribution in [2.75, 3.05) is 23.7 Å². The highest BCUT2D eigenvalue weighted by atomic mass is 19.4. The maximum atomic E-state index is 12.7. The van der Waals surface area contributed by atoms with Crippen LogP contribution in [0.5, 0.6) is 5.75 Å². The van der Waals surface area contributed by atoms with Crippen molar-refractivity contribution in [3.63, 3.8) is 0 Å². The Kier molecular flexibility index (Phi) is 5.53. The van der Waals surface area contributed by atoms with Crippen molar-refractivity contribution in [1.29, 1.82) is 0 Å². The van der Waals surface area contributed by atoms with E-state index in [0.29, 0.717) is 24.5 Å². The van der Waals surface area contributed by atoms with Gasteiger partial charge in [0.05, 0.1) is 18.8 Å². The number of hydrogen-bond donors (Lipinski definition) is 3. The summed E-state index contributed by atoms with van der Waals surface area (Å²) in [6.07, 6.45) is -6.16. The van der Waals surface area contributed by atoms with Gasteiger partial charge in [0.2, 0.25) is 11.5 Å². The Morgan fingerprint density at radius 1 is 1.35 bits per heavy atom. The van der Waals surface area contributed by atoms with E-state index in [4.69, 9.17) is 4.74 Å². The van der Waals surface area contributed by atoms with Crippen molar-refractivity contribution in [1.82, 2.24) is 5.32 Å². The van der Waals surface area contributed by atoms with E-state index in [9.17, 15) is 22.8 Å². The number of carbonyl (C=O) groups excluding carboxylic acids is 2. The molecule has 2 amide bonds. The Morgan fingerprint density at radius 2 is 2.04 bits per heavy atom. The minimum Gasteiger partial charge on any atom is -0.485 e. The van der Waals surface area contributed by atoms with Crippen LogP contribution >= 0.6 is 0 Å². The summed E-state index contributed by atoms with van der Waals surface area (Å²) in [6, 6.07) is 4.56. The van der Waals surface area contributed by atoms with Crippen LogP contribution in [0.2, 0.25) is 0 Å². The summed E-state index contributed by atoms with van der Waals surface area (Å²) < 4.78 is 48.4. The van der Waals surface area contributed by atoms with Crippen LogP contribution in [0.15, 0.2) is 18.2 Å². The maximum absolute atomic E-state index is 12.7. The number of ether oxygens (including phenoxy) is 2. The van der Waals surface area contributed by atoms with Gasteiger partial charge in [-0.2, -0.15) is 13.2 Å². The molecule has 1 aliphatic heterocycles. The summed E-state index contributed by atoms with van der Waals surface area (Å²) >= 11 is 0. The van der Waals surface area contributed by atoms with E-state index in [1.54, 1.807) is 6.07 Å². The van der Waals surface area contributed by atoms with Gasteiger partial charge < -0.3 is 20.1 Å². The van der Waals surface area contributed by atoms with Crippen LogP contribution in [0.25, 0.3) is 0 Å². The lowest BCUT2D eigenvalue weighted by Gasteiger charge is -2.28. The molecule has 1 heterocycles. The van der Waals surface area contributed by atoms with Crippen LogP contribution < -0.4 is 20.7 Å². The molecule has 0 saturated carbocycles. The van der Waals surface area contributed by atoms with E-state index >= 15 is 0 Å². The third-order valence-electron chi connectivity index (χ3n) is 3.65. The maximum Gasteiger partial charge on any atom is 0.427 e. The van der Waals surface area contributed by atoms with Gasteiger partial charge in [-0.1, -0.05) is 0 Å². The first-order chi connectivity index (χ1) is 12.0. The lowest BCUT2D eigenvalue weighted by molar-refractivity contribution is -0.242. The first kappa shape index (κ1) is 19.7. The van der Waals surface area contributed by atoms with E-state index in [-0.39, 0.29) is 17.7 Å². The van der Waals surface area contributed by atoms with Gasteiger partial charge in [-0.05, 0) is 32.0 Å². The molecule has 0 unspecified atom stereocenters. The lowest BCUT2D eigenvalue weighted by atomic mass is 10.1. The van der Waals surface area contributed by atoms with Crippen molar-refractivity contribution in [2.24, 2.45) is 0 Å². The molecule has 0 aliphatic carbocycles. The van der Waals surface area contributed by atoms with Crippen molar-refractivity contribution >= 4 is 23.4 Å². The number of amides is 2. The molecule has 0 saturated heterocycles. The van der Waals surface area contributed by atoms with Crippen LogP contribution in [-0.4, -0.2) is 43.0 Å². The van der Waals surface area contributed by atoms with Gasteiger partial charge in [0, 0.05) is 12.6 Å². The van der Waals surface area contributed by atoms with Crippen LogP contribution in [-0.2, 0) is 9.53 Å². The summed E-state index contributed by atoms with van der Waals surface area (Å²) in [4.78, 5) is 22.6. The Bertz CT molecular complexity index is 692. The molecule has 0 radical (unpaired) electrons. The molecule has 1 aliphatic rings. The largest absolute Gasteiger partial charge is 0.485 e. The van der Waals surface area contributed by atoms with Crippen molar-refractivity contribution in [2.45, 2.75) is 38.7 Å². The van der Waals surface area contributed by atoms with Gasteiger partial charge in [0.15, 0.2) is 0 Å². The zero-order valence-electron chi connectivity index (χ0n) is 14.5. The van der Waals surface area contributed by atoms with Gasteiger partial charge in [-0.25, -0.2) is 4.79 Å². The fraction of sp³-hybridized carbons (Fsp3) is 0.500. The predicted molar refractivity (Wildman–Crippen MR) is 88.3 cm³/mol. The predicted octanol–water partition coefficient (Wildman–Crippen LogP) is 2.89. The Morgan fingerprint density at radius 3 is 2.65 bits per heavy atom. The fourth-order valence-electron chi connectivity index (χ4n) is 2.10. The average molecular weight is 375 g/mol. The second kappa shape index (κ2) is 7.30. The Labute approximate surface area is 148 Å². The molecular formula is C16H20F3N3O4. The minimum absolute atomic E-state index is 0.167. The van der Waals surface area contributed by atoms with E-state index in [0.717, 1.165) is 13.8 Å². The van der Waals surface area contributed by atoms with Crippen molar-refractivity contribution in [3.05, 3.63) is 18.2 Å². The fourth-order valence-corrected chi connectivity index (χ4v) is 2.10. The molecule has 1 atom stereocenters. The number of nitrogens with one attached hydrogen (secondary N) is 3.